The molecule has 0 unspecified atom stereocenters. The minimum Gasteiger partial charge on any atom is -0.550 e. The van der Waals surface area contributed by atoms with E-state index in [0.717, 1.165) is 6.92 Å². The number of hydrogen-bond acceptors (Lipinski definition) is 2. The largest absolute Gasteiger partial charge is 0.550 e. The fourth-order valence-electron chi connectivity index (χ4n) is 0. The second kappa shape index (κ2) is 39.7. The van der Waals surface area contributed by atoms with Crippen LogP contribution in [0.3, 0.4) is 0 Å². The molecule has 0 aromatic heterocycles. The van der Waals surface area contributed by atoms with Gasteiger partial charge in [0.1, 0.15) is 0 Å². The topological polar surface area (TPSA) is 166 Å². The van der Waals surface area contributed by atoms with Crippen LogP contribution in [0.25, 0.3) is 0 Å². The molecule has 0 saturated heterocycles. The maximum atomic E-state index is 8.89. The second-order valence-corrected chi connectivity index (χ2v) is 0.492. The fourth-order valence-corrected chi connectivity index (χ4v) is 0. The average Bonchev–Trinajstić information content (AvgIpc) is 0.811. The van der Waals surface area contributed by atoms with Crippen molar-refractivity contribution in [2.24, 2.45) is 0 Å². The molecule has 0 fully saturated rings. The summed E-state index contributed by atoms with van der Waals surface area (Å²) in [6.45, 7) is 0.972. The van der Waals surface area contributed by atoms with Gasteiger partial charge in [-0.2, -0.15) is 0 Å². The Morgan fingerprint density at radius 3 is 1.11 bits per heavy atom. The van der Waals surface area contributed by atoms with Gasteiger partial charge in [0.15, 0.2) is 0 Å². The minimum atomic E-state index is -1.08. The molecule has 9 heavy (non-hydrogen) atoms. The average molecular weight is 220 g/mol. The summed E-state index contributed by atoms with van der Waals surface area (Å²) in [5.74, 6) is -1.08. The van der Waals surface area contributed by atoms with Crippen LogP contribution in [0.2, 0.25) is 0 Å². The fraction of sp³-hybridized carbons (Fsp3) is 0.500. The third-order valence-electron chi connectivity index (χ3n) is 0. The first-order chi connectivity index (χ1) is 1.73. The van der Waals surface area contributed by atoms with Crippen LogP contribution < -0.4 is 5.11 Å². The zero-order valence-corrected chi connectivity index (χ0v) is 7.73. The Bertz CT molecular complexity index is 34.0. The monoisotopic (exact) mass is 220 g/mol. The van der Waals surface area contributed by atoms with Gasteiger partial charge in [-0.1, -0.05) is 0 Å². The molecule has 0 bridgehead atoms. The molecule has 0 aliphatic heterocycles. The van der Waals surface area contributed by atoms with Gasteiger partial charge in [-0.3, -0.25) is 0 Å². The van der Waals surface area contributed by atoms with Gasteiger partial charge < -0.3 is 31.8 Å². The molecule has 0 aliphatic carbocycles. The van der Waals surface area contributed by atoms with Crippen LogP contribution in [-0.2, 0) is 37.5 Å². The predicted octanol–water partition coefficient (Wildman–Crippen LogP) is -4.55. The molecule has 0 aromatic carbocycles. The summed E-state index contributed by atoms with van der Waals surface area (Å²) in [4.78, 5) is 8.89. The van der Waals surface area contributed by atoms with Gasteiger partial charge in [0.25, 0.3) is 0 Å². The Kier molecular flexibility index (Phi) is 252. The van der Waals surface area contributed by atoms with Crippen molar-refractivity contribution in [3.63, 3.8) is 0 Å². The Morgan fingerprint density at radius 1 is 1.11 bits per heavy atom. The smallest absolute Gasteiger partial charge is 0.0383 e. The van der Waals surface area contributed by atoms with Crippen molar-refractivity contribution < 1.29 is 64.5 Å². The molecule has 0 saturated carbocycles. The van der Waals surface area contributed by atoms with Gasteiger partial charge in [-0.05, 0) is 6.92 Å². The number of carbonyl (C=O) groups excluding carboxylic acids is 1. The summed E-state index contributed by atoms with van der Waals surface area (Å²) < 4.78 is 0. The van der Waals surface area contributed by atoms with E-state index < -0.39 is 5.97 Å². The van der Waals surface area contributed by atoms with Crippen LogP contribution in [0.5, 0.6) is 0 Å². The van der Waals surface area contributed by atoms with Gasteiger partial charge >= 0.3 is 0 Å². The number of carbonyl (C=O) groups is 1. The van der Waals surface area contributed by atoms with Crippen LogP contribution in [0, 0.1) is 0 Å². The minimum absolute atomic E-state index is 0. The number of hydrogen-bond donors (Lipinski definition) is 0. The van der Waals surface area contributed by atoms with Crippen LogP contribution >= 0.6 is 0 Å². The van der Waals surface area contributed by atoms with Gasteiger partial charge in [-0.15, -0.1) is 0 Å². The van der Waals surface area contributed by atoms with E-state index in [4.69, 9.17) is 9.90 Å². The summed E-state index contributed by atoms with van der Waals surface area (Å²) in [5, 5.41) is 8.89. The number of carboxylic acids is 1. The van der Waals surface area contributed by atoms with Crippen molar-refractivity contribution in [1.29, 1.82) is 0 Å². The van der Waals surface area contributed by atoms with E-state index in [1.54, 1.807) is 0 Å². The van der Waals surface area contributed by atoms with Crippen molar-refractivity contribution >= 4 is 5.97 Å². The van der Waals surface area contributed by atoms with Gasteiger partial charge in [0.05, 0.1) is 0 Å². The van der Waals surface area contributed by atoms with Gasteiger partial charge in [0, 0.05) is 38.7 Å². The molecule has 7 heteroatoms. The Hall–Kier alpha value is 0.414. The molecular weight excluding hydrogens is 209 g/mol. The van der Waals surface area contributed by atoms with Crippen LogP contribution in [0.1, 0.15) is 6.92 Å². The van der Waals surface area contributed by atoms with Gasteiger partial charge in [-0.25, -0.2) is 0 Å². The molecule has 0 aliphatic rings. The van der Waals surface area contributed by atoms with Crippen molar-refractivity contribution in [2.45, 2.75) is 6.92 Å². The molecule has 59 valence electrons. The summed E-state index contributed by atoms with van der Waals surface area (Å²) in [6, 6.07) is 0. The maximum Gasteiger partial charge on any atom is 0.0383 e. The molecule has 1 radical (unpaired) electrons. The number of rotatable bonds is 0. The SMILES string of the molecule is CC(=O)[O-].O.O.O.O.[Y]. The first-order valence-electron chi connectivity index (χ1n) is 0.908. The first kappa shape index (κ1) is 57.2. The molecule has 0 rings (SSSR count). The van der Waals surface area contributed by atoms with E-state index in [0.29, 0.717) is 0 Å². The van der Waals surface area contributed by atoms with Crippen molar-refractivity contribution in [3.8, 4) is 0 Å². The summed E-state index contributed by atoms with van der Waals surface area (Å²) in [7, 11) is 0. The van der Waals surface area contributed by atoms with E-state index in [1.807, 2.05) is 0 Å². The standard InChI is InChI=1S/C2H4O2.4H2O.Y/c1-2(3)4;;;;;/h1H3,(H,3,4);4*1H2;/p-1. The number of aliphatic carboxylic acids is 1. The van der Waals surface area contributed by atoms with E-state index in [2.05, 4.69) is 0 Å². The zero-order chi connectivity index (χ0) is 3.58. The van der Waals surface area contributed by atoms with Crippen molar-refractivity contribution in [1.82, 2.24) is 0 Å². The Labute approximate surface area is 77.4 Å². The maximum absolute atomic E-state index is 8.89. The molecular formula is C2H11O6Y-. The van der Waals surface area contributed by atoms with Gasteiger partial charge in [0.2, 0.25) is 0 Å². The Morgan fingerprint density at radius 2 is 1.11 bits per heavy atom. The molecule has 0 amide bonds. The van der Waals surface area contributed by atoms with E-state index in [9.17, 15) is 0 Å². The third-order valence-corrected chi connectivity index (χ3v) is 0. The van der Waals surface area contributed by atoms with E-state index in [-0.39, 0.29) is 54.6 Å². The predicted molar refractivity (Wildman–Crippen MR) is 25.1 cm³/mol. The molecule has 8 N–H and O–H groups in total. The second-order valence-electron chi connectivity index (χ2n) is 0.492. The molecule has 0 spiro atoms. The molecule has 0 atom stereocenters. The Balaban J connectivity index is -0.00000000450. The van der Waals surface area contributed by atoms with Crippen LogP contribution in [-0.4, -0.2) is 27.9 Å². The van der Waals surface area contributed by atoms with Crippen molar-refractivity contribution in [3.05, 3.63) is 0 Å². The van der Waals surface area contributed by atoms with Crippen LogP contribution in [0.15, 0.2) is 0 Å². The first-order valence-corrected chi connectivity index (χ1v) is 0.908. The number of carboxylic acid groups (broad SMARTS) is 1. The summed E-state index contributed by atoms with van der Waals surface area (Å²) >= 11 is 0. The van der Waals surface area contributed by atoms with Crippen molar-refractivity contribution in [2.75, 3.05) is 0 Å². The third kappa shape index (κ3) is 2020. The van der Waals surface area contributed by atoms with Crippen LogP contribution in [0.4, 0.5) is 0 Å². The van der Waals surface area contributed by atoms with E-state index in [1.165, 1.54) is 0 Å². The molecule has 6 nitrogen and oxygen atoms in total. The van der Waals surface area contributed by atoms with E-state index >= 15 is 0 Å². The zero-order valence-electron chi connectivity index (χ0n) is 4.89. The molecule has 0 aromatic rings. The summed E-state index contributed by atoms with van der Waals surface area (Å²) in [5.41, 5.74) is 0. The normalized spacial score (nSPS) is 2.78. The molecule has 0 heterocycles. The summed E-state index contributed by atoms with van der Waals surface area (Å²) in [6.07, 6.45) is 0. The quantitative estimate of drug-likeness (QED) is 0.401.